The predicted octanol–water partition coefficient (Wildman–Crippen LogP) is 2.02. The number of para-hydroxylation sites is 1. The van der Waals surface area contributed by atoms with Gasteiger partial charge in [-0.2, -0.15) is 0 Å². The van der Waals surface area contributed by atoms with Gasteiger partial charge in [0.2, 0.25) is 0 Å². The second-order valence-corrected chi connectivity index (χ2v) is 4.80. The van der Waals surface area contributed by atoms with Gasteiger partial charge in [0.25, 0.3) is 5.91 Å². The molecule has 0 radical (unpaired) electrons. The molecule has 0 bridgehead atoms. The van der Waals surface area contributed by atoms with Crippen LogP contribution in [0.5, 0.6) is 0 Å². The molecule has 1 aliphatic rings. The van der Waals surface area contributed by atoms with Crippen molar-refractivity contribution in [2.45, 2.75) is 19.4 Å². The van der Waals surface area contributed by atoms with Crippen molar-refractivity contribution in [3.8, 4) is 0 Å². The molecule has 19 heavy (non-hydrogen) atoms. The van der Waals surface area contributed by atoms with E-state index in [1.165, 1.54) is 12.1 Å². The number of carbonyl (C=O) groups is 1. The van der Waals surface area contributed by atoms with Crippen molar-refractivity contribution in [3.05, 3.63) is 29.6 Å². The van der Waals surface area contributed by atoms with Gasteiger partial charge in [-0.3, -0.25) is 4.79 Å². The molecule has 2 unspecified atom stereocenters. The molecule has 0 spiro atoms. The predicted molar refractivity (Wildman–Crippen MR) is 71.8 cm³/mol. The van der Waals surface area contributed by atoms with E-state index in [0.29, 0.717) is 18.1 Å². The number of nitrogens with one attached hydrogen (secondary N) is 2. The summed E-state index contributed by atoms with van der Waals surface area (Å²) in [6.45, 7) is 3.37. The fourth-order valence-electron chi connectivity index (χ4n) is 2.32. The molecule has 1 heterocycles. The first-order chi connectivity index (χ1) is 9.13. The smallest absolute Gasteiger partial charge is 0.253 e. The first-order valence-corrected chi connectivity index (χ1v) is 6.48. The minimum atomic E-state index is -0.424. The van der Waals surface area contributed by atoms with E-state index in [9.17, 15) is 9.18 Å². The van der Waals surface area contributed by atoms with Crippen molar-refractivity contribution in [1.82, 2.24) is 5.32 Å². The molecule has 104 valence electrons. The van der Waals surface area contributed by atoms with Crippen LogP contribution < -0.4 is 10.6 Å². The van der Waals surface area contributed by atoms with Crippen molar-refractivity contribution in [3.63, 3.8) is 0 Å². The zero-order chi connectivity index (χ0) is 13.8. The van der Waals surface area contributed by atoms with Gasteiger partial charge < -0.3 is 15.4 Å². The van der Waals surface area contributed by atoms with Crippen LogP contribution in [0, 0.1) is 11.7 Å². The van der Waals surface area contributed by atoms with Crippen LogP contribution in [0.25, 0.3) is 0 Å². The number of amides is 1. The van der Waals surface area contributed by atoms with E-state index < -0.39 is 5.82 Å². The second kappa shape index (κ2) is 6.02. The highest BCUT2D eigenvalue weighted by Gasteiger charge is 2.24. The molecule has 4 nitrogen and oxygen atoms in total. The van der Waals surface area contributed by atoms with Gasteiger partial charge in [0.15, 0.2) is 0 Å². The lowest BCUT2D eigenvalue weighted by Gasteiger charge is -2.20. The number of halogens is 1. The third-order valence-corrected chi connectivity index (χ3v) is 3.54. The Labute approximate surface area is 112 Å². The average Bonchev–Trinajstić information content (AvgIpc) is 2.92. The Morgan fingerprint density at radius 1 is 1.53 bits per heavy atom. The summed E-state index contributed by atoms with van der Waals surface area (Å²) in [5, 5.41) is 5.64. The molecular weight excluding hydrogens is 247 g/mol. The maximum Gasteiger partial charge on any atom is 0.253 e. The summed E-state index contributed by atoms with van der Waals surface area (Å²) in [5.74, 6) is -0.356. The second-order valence-electron chi connectivity index (χ2n) is 4.80. The van der Waals surface area contributed by atoms with Crippen molar-refractivity contribution in [2.75, 3.05) is 25.6 Å². The van der Waals surface area contributed by atoms with Crippen molar-refractivity contribution < 1.29 is 13.9 Å². The first-order valence-electron chi connectivity index (χ1n) is 6.48. The molecule has 1 amide bonds. The van der Waals surface area contributed by atoms with Crippen LogP contribution in [0.15, 0.2) is 18.2 Å². The third-order valence-electron chi connectivity index (χ3n) is 3.54. The molecule has 1 aliphatic heterocycles. The van der Waals surface area contributed by atoms with E-state index in [-0.39, 0.29) is 17.6 Å². The van der Waals surface area contributed by atoms with E-state index in [0.717, 1.165) is 13.0 Å². The molecular formula is C14H19FN2O2. The maximum atomic E-state index is 13.6. The van der Waals surface area contributed by atoms with Crippen molar-refractivity contribution in [2.24, 2.45) is 5.92 Å². The zero-order valence-corrected chi connectivity index (χ0v) is 11.2. The molecule has 2 N–H and O–H groups in total. The monoisotopic (exact) mass is 266 g/mol. The van der Waals surface area contributed by atoms with E-state index in [2.05, 4.69) is 10.6 Å². The highest BCUT2D eigenvalue weighted by Crippen LogP contribution is 2.21. The van der Waals surface area contributed by atoms with Crippen molar-refractivity contribution >= 4 is 11.6 Å². The largest absolute Gasteiger partial charge is 0.385 e. The minimum absolute atomic E-state index is 0.0166. The number of hydrogen-bond acceptors (Lipinski definition) is 3. The standard InChI is InChI=1S/C14H19FN2O2/c1-9(10-6-7-19-8-10)17-14(18)11-4-3-5-12(15)13(11)16-2/h3-5,9-10,16H,6-8H2,1-2H3,(H,17,18). The molecule has 1 fully saturated rings. The summed E-state index contributed by atoms with van der Waals surface area (Å²) in [6.07, 6.45) is 0.948. The highest BCUT2D eigenvalue weighted by atomic mass is 19.1. The fourth-order valence-corrected chi connectivity index (χ4v) is 2.32. The fraction of sp³-hybridized carbons (Fsp3) is 0.500. The van der Waals surface area contributed by atoms with Gasteiger partial charge in [-0.25, -0.2) is 4.39 Å². The maximum absolute atomic E-state index is 13.6. The Hall–Kier alpha value is -1.62. The average molecular weight is 266 g/mol. The molecule has 1 aromatic rings. The molecule has 2 atom stereocenters. The molecule has 1 aromatic carbocycles. The molecule has 0 aliphatic carbocycles. The van der Waals surface area contributed by atoms with Crippen LogP contribution in [0.3, 0.4) is 0 Å². The molecule has 1 saturated heterocycles. The Kier molecular flexibility index (Phi) is 4.37. The number of rotatable bonds is 4. The molecule has 0 aromatic heterocycles. The van der Waals surface area contributed by atoms with E-state index >= 15 is 0 Å². The Morgan fingerprint density at radius 3 is 2.95 bits per heavy atom. The van der Waals surface area contributed by atoms with Gasteiger partial charge >= 0.3 is 0 Å². The molecule has 5 heteroatoms. The Morgan fingerprint density at radius 2 is 2.32 bits per heavy atom. The lowest BCUT2D eigenvalue weighted by Crippen LogP contribution is -2.38. The van der Waals surface area contributed by atoms with Gasteiger partial charge in [-0.1, -0.05) is 6.07 Å². The van der Waals surface area contributed by atoms with E-state index in [4.69, 9.17) is 4.74 Å². The zero-order valence-electron chi connectivity index (χ0n) is 11.2. The van der Waals surface area contributed by atoms with E-state index in [1.54, 1.807) is 13.1 Å². The third kappa shape index (κ3) is 3.04. The van der Waals surface area contributed by atoms with Crippen LogP contribution >= 0.6 is 0 Å². The van der Waals surface area contributed by atoms with E-state index in [1.807, 2.05) is 6.92 Å². The van der Waals surface area contributed by atoms with Crippen LogP contribution in [0.4, 0.5) is 10.1 Å². The van der Waals surface area contributed by atoms with Crippen LogP contribution in [0.1, 0.15) is 23.7 Å². The quantitative estimate of drug-likeness (QED) is 0.876. The first kappa shape index (κ1) is 13.8. The topological polar surface area (TPSA) is 50.4 Å². The minimum Gasteiger partial charge on any atom is -0.385 e. The lowest BCUT2D eigenvalue weighted by atomic mass is 10.00. The summed E-state index contributed by atoms with van der Waals surface area (Å²) in [7, 11) is 1.60. The van der Waals surface area contributed by atoms with Gasteiger partial charge in [0, 0.05) is 25.6 Å². The number of hydrogen-bond donors (Lipinski definition) is 2. The number of carbonyl (C=O) groups excluding carboxylic acids is 1. The highest BCUT2D eigenvalue weighted by molar-refractivity contribution is 5.99. The summed E-state index contributed by atoms with van der Waals surface area (Å²) in [5.41, 5.74) is 0.558. The summed E-state index contributed by atoms with van der Waals surface area (Å²) in [4.78, 5) is 12.2. The Balaban J connectivity index is 2.09. The van der Waals surface area contributed by atoms with Crippen LogP contribution in [0.2, 0.25) is 0 Å². The van der Waals surface area contributed by atoms with Crippen LogP contribution in [-0.2, 0) is 4.74 Å². The summed E-state index contributed by atoms with van der Waals surface area (Å²) < 4.78 is 18.9. The van der Waals surface area contributed by atoms with Gasteiger partial charge in [0.05, 0.1) is 17.9 Å². The summed E-state index contributed by atoms with van der Waals surface area (Å²) in [6, 6.07) is 4.50. The number of benzene rings is 1. The Bertz CT molecular complexity index is 459. The van der Waals surface area contributed by atoms with Crippen molar-refractivity contribution in [1.29, 1.82) is 0 Å². The molecule has 2 rings (SSSR count). The lowest BCUT2D eigenvalue weighted by molar-refractivity contribution is 0.0922. The number of anilines is 1. The summed E-state index contributed by atoms with van der Waals surface area (Å²) >= 11 is 0. The normalized spacial score (nSPS) is 20.1. The SMILES string of the molecule is CNc1c(F)cccc1C(=O)NC(C)C1CCOC1. The van der Waals surface area contributed by atoms with Gasteiger partial charge in [0.1, 0.15) is 5.82 Å². The van der Waals surface area contributed by atoms with Gasteiger partial charge in [-0.15, -0.1) is 0 Å². The van der Waals surface area contributed by atoms with Crippen LogP contribution in [-0.4, -0.2) is 32.2 Å². The molecule has 0 saturated carbocycles. The number of ether oxygens (including phenoxy) is 1. The van der Waals surface area contributed by atoms with Gasteiger partial charge in [-0.05, 0) is 25.5 Å².